The Bertz CT molecular complexity index is 582. The summed E-state index contributed by atoms with van der Waals surface area (Å²) in [5, 5.41) is 18.3. The summed E-state index contributed by atoms with van der Waals surface area (Å²) in [6.07, 6.45) is 1.15. The van der Waals surface area contributed by atoms with Gasteiger partial charge in [-0.05, 0) is 18.9 Å². The molecule has 7 heteroatoms. The molecule has 0 radical (unpaired) electrons. The Morgan fingerprint density at radius 1 is 1.25 bits per heavy atom. The first kappa shape index (κ1) is 14.0. The van der Waals surface area contributed by atoms with Crippen molar-refractivity contribution in [3.63, 3.8) is 0 Å². The number of carboxylic acid groups (broad SMARTS) is 2. The fourth-order valence-electron chi connectivity index (χ4n) is 2.56. The molecule has 1 heterocycles. The third kappa shape index (κ3) is 2.34. The summed E-state index contributed by atoms with van der Waals surface area (Å²) in [5.41, 5.74) is 0.818. The maximum Gasteiger partial charge on any atom is 0.342 e. The lowest BCUT2D eigenvalue weighted by atomic mass is 9.76. The van der Waals surface area contributed by atoms with Gasteiger partial charge < -0.3 is 14.9 Å². The Kier molecular flexibility index (Phi) is 3.44. The van der Waals surface area contributed by atoms with Crippen LogP contribution in [0.5, 0.6) is 0 Å². The summed E-state index contributed by atoms with van der Waals surface area (Å²) in [4.78, 5) is 44.9. The molecule has 2 atom stereocenters. The van der Waals surface area contributed by atoms with Gasteiger partial charge in [-0.3, -0.25) is 14.4 Å². The number of carboxylic acids is 2. The number of hydrogen-bond acceptors (Lipinski definition) is 5. The molecular formula is C13H12O7. The molecule has 20 heavy (non-hydrogen) atoms. The van der Waals surface area contributed by atoms with Gasteiger partial charge in [0, 0.05) is 0 Å². The second-order valence-corrected chi connectivity index (χ2v) is 4.80. The fraction of sp³-hybridized carbons (Fsp3) is 0.385. The Labute approximate surface area is 113 Å². The van der Waals surface area contributed by atoms with Gasteiger partial charge in [-0.25, -0.2) is 4.79 Å². The maximum absolute atomic E-state index is 11.5. The second kappa shape index (κ2) is 4.92. The average molecular weight is 280 g/mol. The zero-order valence-corrected chi connectivity index (χ0v) is 10.6. The Morgan fingerprint density at radius 3 is 2.35 bits per heavy atom. The van der Waals surface area contributed by atoms with E-state index in [0.29, 0.717) is 11.1 Å². The van der Waals surface area contributed by atoms with Gasteiger partial charge in [0.15, 0.2) is 0 Å². The Balaban J connectivity index is 2.47. The zero-order chi connectivity index (χ0) is 15.0. The van der Waals surface area contributed by atoms with E-state index >= 15 is 0 Å². The Hall–Kier alpha value is -2.44. The van der Waals surface area contributed by atoms with Gasteiger partial charge in [0.1, 0.15) is 0 Å². The molecular weight excluding hydrogens is 268 g/mol. The molecule has 0 amide bonds. The summed E-state index contributed by atoms with van der Waals surface area (Å²) in [7, 11) is 0. The average Bonchev–Trinajstić information content (AvgIpc) is 2.66. The number of esters is 2. The molecule has 0 saturated carbocycles. The van der Waals surface area contributed by atoms with Gasteiger partial charge in [-0.15, -0.1) is 0 Å². The van der Waals surface area contributed by atoms with E-state index in [1.807, 2.05) is 0 Å². The van der Waals surface area contributed by atoms with Gasteiger partial charge in [0.05, 0.1) is 23.8 Å². The molecule has 2 rings (SSSR count). The van der Waals surface area contributed by atoms with Crippen LogP contribution in [0.25, 0.3) is 0 Å². The molecule has 0 spiro atoms. The summed E-state index contributed by atoms with van der Waals surface area (Å²) < 4.78 is 4.40. The van der Waals surface area contributed by atoms with E-state index in [2.05, 4.69) is 4.74 Å². The van der Waals surface area contributed by atoms with E-state index in [1.165, 1.54) is 13.0 Å². The number of carbonyl (C=O) groups excluding carboxylic acids is 2. The summed E-state index contributed by atoms with van der Waals surface area (Å²) in [6, 6.07) is 0. The molecule has 1 fully saturated rings. The van der Waals surface area contributed by atoms with Crippen molar-refractivity contribution in [2.45, 2.75) is 19.8 Å². The van der Waals surface area contributed by atoms with Crippen molar-refractivity contribution in [3.8, 4) is 0 Å². The fourth-order valence-corrected chi connectivity index (χ4v) is 2.56. The molecule has 106 valence electrons. The van der Waals surface area contributed by atoms with Crippen molar-refractivity contribution in [2.75, 3.05) is 0 Å². The van der Waals surface area contributed by atoms with Gasteiger partial charge >= 0.3 is 23.9 Å². The molecule has 1 aliphatic heterocycles. The molecule has 0 bridgehead atoms. The van der Waals surface area contributed by atoms with Crippen LogP contribution in [0.3, 0.4) is 0 Å². The highest BCUT2D eigenvalue weighted by molar-refractivity contribution is 6.06. The smallest absolute Gasteiger partial charge is 0.342 e. The molecule has 0 aromatic carbocycles. The third-order valence-corrected chi connectivity index (χ3v) is 3.48. The van der Waals surface area contributed by atoms with Gasteiger partial charge in [0.25, 0.3) is 0 Å². The highest BCUT2D eigenvalue weighted by Crippen LogP contribution is 2.37. The van der Waals surface area contributed by atoms with Crippen LogP contribution in [0.1, 0.15) is 19.8 Å². The molecule has 1 saturated heterocycles. The highest BCUT2D eigenvalue weighted by atomic mass is 16.6. The van der Waals surface area contributed by atoms with Crippen LogP contribution in [-0.4, -0.2) is 34.1 Å². The van der Waals surface area contributed by atoms with Crippen LogP contribution in [0.15, 0.2) is 22.8 Å². The molecule has 0 aromatic heterocycles. The summed E-state index contributed by atoms with van der Waals surface area (Å²) in [5.74, 6) is -6.24. The second-order valence-electron chi connectivity index (χ2n) is 4.80. The van der Waals surface area contributed by atoms with E-state index in [-0.39, 0.29) is 18.4 Å². The standard InChI is InChI=1S/C13H12O7/c1-5-2-6(7-4-9(14)20-13(7)19)3-8(11(15)16)10(5)12(17)18/h2,8,10H,3-4H2,1H3,(H,15,16)(H,17,18). The molecule has 7 nitrogen and oxygen atoms in total. The van der Waals surface area contributed by atoms with Crippen molar-refractivity contribution in [3.05, 3.63) is 22.8 Å². The minimum Gasteiger partial charge on any atom is -0.481 e. The number of carbonyl (C=O) groups is 4. The van der Waals surface area contributed by atoms with Crippen molar-refractivity contribution in [2.24, 2.45) is 11.8 Å². The summed E-state index contributed by atoms with van der Waals surface area (Å²) >= 11 is 0. The largest absolute Gasteiger partial charge is 0.481 e. The van der Waals surface area contributed by atoms with Gasteiger partial charge in [-0.2, -0.15) is 0 Å². The minimum atomic E-state index is -1.25. The quantitative estimate of drug-likeness (QED) is 0.429. The van der Waals surface area contributed by atoms with Crippen molar-refractivity contribution in [1.82, 2.24) is 0 Å². The number of allylic oxidation sites excluding steroid dienone is 2. The number of rotatable bonds is 2. The molecule has 0 aromatic rings. The third-order valence-electron chi connectivity index (χ3n) is 3.48. The van der Waals surface area contributed by atoms with Crippen molar-refractivity contribution < 1.29 is 34.1 Å². The number of ether oxygens (including phenoxy) is 1. The van der Waals surface area contributed by atoms with E-state index < -0.39 is 35.7 Å². The van der Waals surface area contributed by atoms with E-state index in [4.69, 9.17) is 10.2 Å². The maximum atomic E-state index is 11.5. The van der Waals surface area contributed by atoms with E-state index in [9.17, 15) is 19.2 Å². The molecule has 1 aliphatic carbocycles. The molecule has 2 N–H and O–H groups in total. The van der Waals surface area contributed by atoms with E-state index in [1.54, 1.807) is 0 Å². The van der Waals surface area contributed by atoms with Crippen LogP contribution in [0, 0.1) is 11.8 Å². The normalized spacial score (nSPS) is 29.9. The number of cyclic esters (lactones) is 2. The number of aliphatic carboxylic acids is 2. The Morgan fingerprint density at radius 2 is 1.90 bits per heavy atom. The molecule has 2 unspecified atom stereocenters. The van der Waals surface area contributed by atoms with E-state index in [0.717, 1.165) is 0 Å². The topological polar surface area (TPSA) is 118 Å². The predicted octanol–water partition coefficient (Wildman–Crippen LogP) is 0.508. The summed E-state index contributed by atoms with van der Waals surface area (Å²) in [6.45, 7) is 1.50. The van der Waals surface area contributed by atoms with Crippen molar-refractivity contribution >= 4 is 23.9 Å². The van der Waals surface area contributed by atoms with Crippen LogP contribution in [-0.2, 0) is 23.9 Å². The van der Waals surface area contributed by atoms with Gasteiger partial charge in [0.2, 0.25) is 0 Å². The zero-order valence-electron chi connectivity index (χ0n) is 10.6. The van der Waals surface area contributed by atoms with Crippen molar-refractivity contribution in [1.29, 1.82) is 0 Å². The van der Waals surface area contributed by atoms with Gasteiger partial charge in [-0.1, -0.05) is 11.6 Å². The van der Waals surface area contributed by atoms with Crippen LogP contribution < -0.4 is 0 Å². The predicted molar refractivity (Wildman–Crippen MR) is 63.4 cm³/mol. The first-order valence-electron chi connectivity index (χ1n) is 5.92. The lowest BCUT2D eigenvalue weighted by molar-refractivity contribution is -0.152. The molecule has 2 aliphatic rings. The highest BCUT2D eigenvalue weighted by Gasteiger charge is 2.40. The SMILES string of the molecule is CC1=CC(=C2CC(=O)OC2=O)CC(C(=O)O)C1C(=O)O. The van der Waals surface area contributed by atoms with Crippen LogP contribution in [0.2, 0.25) is 0 Å². The van der Waals surface area contributed by atoms with Crippen LogP contribution >= 0.6 is 0 Å². The monoisotopic (exact) mass is 280 g/mol. The first-order chi connectivity index (χ1) is 9.31. The first-order valence-corrected chi connectivity index (χ1v) is 5.92. The lowest BCUT2D eigenvalue weighted by Gasteiger charge is -2.27. The number of hydrogen-bond donors (Lipinski definition) is 2. The minimum absolute atomic E-state index is 0.110. The lowest BCUT2D eigenvalue weighted by Crippen LogP contribution is -2.33. The van der Waals surface area contributed by atoms with Crippen LogP contribution in [0.4, 0.5) is 0 Å².